The van der Waals surface area contributed by atoms with E-state index in [1.54, 1.807) is 0 Å². The minimum absolute atomic E-state index is 0.350. The highest BCUT2D eigenvalue weighted by Crippen LogP contribution is 2.33. The van der Waals surface area contributed by atoms with Crippen LogP contribution in [0.3, 0.4) is 0 Å². The Bertz CT molecular complexity index is 995. The molecule has 0 unspecified atom stereocenters. The minimum Gasteiger partial charge on any atom is -0.411 e. The molecule has 33 heavy (non-hydrogen) atoms. The van der Waals surface area contributed by atoms with E-state index < -0.39 is 5.60 Å². The highest BCUT2D eigenvalue weighted by Gasteiger charge is 2.38. The first-order valence-corrected chi connectivity index (χ1v) is 12.0. The molecule has 0 amide bonds. The van der Waals surface area contributed by atoms with Crippen LogP contribution >= 0.6 is 11.6 Å². The molecule has 0 aliphatic heterocycles. The van der Waals surface area contributed by atoms with Crippen molar-refractivity contribution in [2.24, 2.45) is 5.16 Å². The van der Waals surface area contributed by atoms with Gasteiger partial charge in [0.25, 0.3) is 0 Å². The molecule has 5 heteroatoms. The Hall–Kier alpha value is -2.66. The van der Waals surface area contributed by atoms with Crippen molar-refractivity contribution in [1.82, 2.24) is 0 Å². The number of rotatable bonds is 11. The second kappa shape index (κ2) is 11.5. The van der Waals surface area contributed by atoms with Gasteiger partial charge >= 0.3 is 0 Å². The lowest BCUT2D eigenvalue weighted by molar-refractivity contribution is -0.937. The van der Waals surface area contributed by atoms with Gasteiger partial charge in [-0.2, -0.15) is 0 Å². The lowest BCUT2D eigenvalue weighted by atomic mass is 9.80. The summed E-state index contributed by atoms with van der Waals surface area (Å²) >= 11 is 6.45. The molecular weight excluding hydrogens is 432 g/mol. The van der Waals surface area contributed by atoms with Crippen molar-refractivity contribution in [3.05, 3.63) is 107 Å². The van der Waals surface area contributed by atoms with Gasteiger partial charge in [0.15, 0.2) is 5.60 Å². The van der Waals surface area contributed by atoms with Crippen LogP contribution in [0.1, 0.15) is 43.4 Å². The van der Waals surface area contributed by atoms with Crippen molar-refractivity contribution in [2.75, 3.05) is 19.6 Å². The van der Waals surface area contributed by atoms with Gasteiger partial charge in [-0.15, -0.1) is 0 Å². The number of benzene rings is 3. The van der Waals surface area contributed by atoms with Gasteiger partial charge in [0.1, 0.15) is 6.54 Å². The van der Waals surface area contributed by atoms with Crippen LogP contribution in [0.15, 0.2) is 90.1 Å². The van der Waals surface area contributed by atoms with Crippen molar-refractivity contribution in [3.8, 4) is 0 Å². The average molecular weight is 466 g/mol. The first-order chi connectivity index (χ1) is 16.0. The Morgan fingerprint density at radius 1 is 0.848 bits per heavy atom. The van der Waals surface area contributed by atoms with E-state index in [0.29, 0.717) is 23.3 Å². The number of halogens is 1. The second-order valence-corrected chi connectivity index (χ2v) is 8.95. The van der Waals surface area contributed by atoms with E-state index in [0.717, 1.165) is 47.7 Å². The van der Waals surface area contributed by atoms with Crippen LogP contribution in [0.5, 0.6) is 0 Å². The molecule has 0 bridgehead atoms. The fraction of sp³-hybridized carbons (Fsp3) is 0.321. The normalized spacial score (nSPS) is 12.7. The molecule has 0 spiro atoms. The maximum absolute atomic E-state index is 11.9. The topological polar surface area (TPSA) is 52.8 Å². The zero-order valence-corrected chi connectivity index (χ0v) is 20.2. The summed E-state index contributed by atoms with van der Waals surface area (Å²) in [4.78, 5) is 0. The summed E-state index contributed by atoms with van der Waals surface area (Å²) in [6, 6.07) is 26.9. The third-order valence-corrected chi connectivity index (χ3v) is 7.14. The van der Waals surface area contributed by atoms with E-state index in [1.165, 1.54) is 0 Å². The maximum atomic E-state index is 11.9. The SMILES string of the molecule is CC[N+](CC)(CCC/C(=N/O)C(O)(c1ccccc1)c1ccccc1)Cc1ccccc1Cl. The molecule has 3 aromatic carbocycles. The molecular formula is C28H34ClN2O2+. The molecule has 2 N–H and O–H groups in total. The molecule has 3 aromatic rings. The molecule has 0 saturated heterocycles. The van der Waals surface area contributed by atoms with Crippen LogP contribution in [0.25, 0.3) is 0 Å². The number of hydrogen-bond donors (Lipinski definition) is 2. The second-order valence-electron chi connectivity index (χ2n) is 8.54. The molecule has 3 rings (SSSR count). The lowest BCUT2D eigenvalue weighted by Crippen LogP contribution is -2.48. The predicted octanol–water partition coefficient (Wildman–Crippen LogP) is 6.24. The van der Waals surface area contributed by atoms with E-state index >= 15 is 0 Å². The Labute approximate surface area is 202 Å². The third kappa shape index (κ3) is 5.64. The molecule has 0 atom stereocenters. The number of quaternary nitrogens is 1. The fourth-order valence-corrected chi connectivity index (χ4v) is 4.77. The van der Waals surface area contributed by atoms with E-state index in [-0.39, 0.29) is 0 Å². The summed E-state index contributed by atoms with van der Waals surface area (Å²) in [5, 5.41) is 26.3. The van der Waals surface area contributed by atoms with Gasteiger partial charge in [0.2, 0.25) is 0 Å². The molecule has 0 radical (unpaired) electrons. The quantitative estimate of drug-likeness (QED) is 0.152. The summed E-state index contributed by atoms with van der Waals surface area (Å²) in [7, 11) is 0. The summed E-state index contributed by atoms with van der Waals surface area (Å²) in [5.74, 6) is 0. The van der Waals surface area contributed by atoms with Crippen LogP contribution in [0.4, 0.5) is 0 Å². The van der Waals surface area contributed by atoms with Crippen LogP contribution in [0.2, 0.25) is 5.02 Å². The Balaban J connectivity index is 1.83. The van der Waals surface area contributed by atoms with Gasteiger partial charge in [0, 0.05) is 17.0 Å². The maximum Gasteiger partial charge on any atom is 0.156 e. The van der Waals surface area contributed by atoms with E-state index in [2.05, 4.69) is 25.1 Å². The average Bonchev–Trinajstić information content (AvgIpc) is 2.88. The van der Waals surface area contributed by atoms with Gasteiger partial charge < -0.3 is 14.8 Å². The van der Waals surface area contributed by atoms with Gasteiger partial charge in [0.05, 0.1) is 25.3 Å². The minimum atomic E-state index is -1.49. The van der Waals surface area contributed by atoms with Crippen molar-refractivity contribution in [3.63, 3.8) is 0 Å². The number of aliphatic hydroxyl groups is 1. The van der Waals surface area contributed by atoms with Crippen molar-refractivity contribution in [1.29, 1.82) is 0 Å². The molecule has 0 heterocycles. The van der Waals surface area contributed by atoms with E-state index in [4.69, 9.17) is 11.6 Å². The van der Waals surface area contributed by atoms with Crippen LogP contribution in [-0.2, 0) is 12.1 Å². The Morgan fingerprint density at radius 2 is 1.36 bits per heavy atom. The van der Waals surface area contributed by atoms with Crippen molar-refractivity contribution < 1.29 is 14.8 Å². The lowest BCUT2D eigenvalue weighted by Gasteiger charge is -2.38. The number of nitrogens with zero attached hydrogens (tertiary/aromatic N) is 2. The number of oxime groups is 1. The summed E-state index contributed by atoms with van der Waals surface area (Å²) < 4.78 is 0.873. The largest absolute Gasteiger partial charge is 0.411 e. The molecule has 4 nitrogen and oxygen atoms in total. The van der Waals surface area contributed by atoms with E-state index in [1.807, 2.05) is 78.9 Å². The molecule has 0 saturated carbocycles. The molecule has 174 valence electrons. The molecule has 0 aliphatic carbocycles. The first-order valence-electron chi connectivity index (χ1n) is 11.6. The predicted molar refractivity (Wildman–Crippen MR) is 136 cm³/mol. The van der Waals surface area contributed by atoms with Crippen molar-refractivity contribution in [2.45, 2.75) is 38.8 Å². The first kappa shape index (κ1) is 25.0. The van der Waals surface area contributed by atoms with Crippen LogP contribution in [0, 0.1) is 0 Å². The highest BCUT2D eigenvalue weighted by atomic mass is 35.5. The van der Waals surface area contributed by atoms with Crippen LogP contribution in [-0.4, -0.2) is 40.1 Å². The highest BCUT2D eigenvalue weighted by molar-refractivity contribution is 6.31. The molecule has 0 fully saturated rings. The standard InChI is InChI=1S/C28H33ClN2O2/c1-3-31(4-2,22-23-14-11-12-19-26(23)29)21-13-20-27(30-33)28(32,24-15-7-5-8-16-24)25-17-9-6-10-18-25/h5-12,14-19,32H,3-4,13,20-22H2,1-2H3/p+1/b30-27-. The smallest absolute Gasteiger partial charge is 0.156 e. The summed E-state index contributed by atoms with van der Waals surface area (Å²) in [6.45, 7) is 8.07. The summed E-state index contributed by atoms with van der Waals surface area (Å²) in [6.07, 6.45) is 1.24. The van der Waals surface area contributed by atoms with Crippen molar-refractivity contribution >= 4 is 17.3 Å². The van der Waals surface area contributed by atoms with Gasteiger partial charge in [-0.05, 0) is 37.5 Å². The van der Waals surface area contributed by atoms with Crippen LogP contribution < -0.4 is 0 Å². The molecule has 0 aliphatic rings. The third-order valence-electron chi connectivity index (χ3n) is 6.77. The van der Waals surface area contributed by atoms with Gasteiger partial charge in [-0.25, -0.2) is 0 Å². The number of hydrogen-bond acceptors (Lipinski definition) is 3. The molecule has 0 aromatic heterocycles. The Morgan fingerprint density at radius 3 is 1.85 bits per heavy atom. The zero-order valence-electron chi connectivity index (χ0n) is 19.5. The van der Waals surface area contributed by atoms with E-state index in [9.17, 15) is 10.3 Å². The fourth-order valence-electron chi connectivity index (χ4n) is 4.57. The van der Waals surface area contributed by atoms with Gasteiger partial charge in [-0.1, -0.05) is 95.6 Å². The Kier molecular flexibility index (Phi) is 8.67. The zero-order chi connectivity index (χ0) is 23.7. The monoisotopic (exact) mass is 465 g/mol. The van der Waals surface area contributed by atoms with Gasteiger partial charge in [-0.3, -0.25) is 0 Å². The summed E-state index contributed by atoms with van der Waals surface area (Å²) in [5.41, 5.74) is 1.37.